The van der Waals surface area contributed by atoms with Crippen molar-refractivity contribution in [3.63, 3.8) is 0 Å². The van der Waals surface area contributed by atoms with Crippen LogP contribution >= 0.6 is 22.9 Å². The average molecular weight is 314 g/mol. The summed E-state index contributed by atoms with van der Waals surface area (Å²) in [6.45, 7) is 4.44. The molecule has 0 unspecified atom stereocenters. The SMILES string of the molecule is CNc1nc(NCc2ccc(Cl)s2)nc(OC(C)C)n1. The number of aromatic nitrogens is 3. The van der Waals surface area contributed by atoms with Crippen LogP contribution in [0, 0.1) is 0 Å². The maximum absolute atomic E-state index is 5.89. The van der Waals surface area contributed by atoms with E-state index >= 15 is 0 Å². The summed E-state index contributed by atoms with van der Waals surface area (Å²) in [4.78, 5) is 13.7. The van der Waals surface area contributed by atoms with Gasteiger partial charge >= 0.3 is 6.01 Å². The highest BCUT2D eigenvalue weighted by Gasteiger charge is 2.08. The molecule has 8 heteroatoms. The first kappa shape index (κ1) is 14.8. The average Bonchev–Trinajstić information content (AvgIpc) is 2.81. The van der Waals surface area contributed by atoms with Gasteiger partial charge in [0.2, 0.25) is 11.9 Å². The largest absolute Gasteiger partial charge is 0.461 e. The van der Waals surface area contributed by atoms with Crippen LogP contribution in [0.2, 0.25) is 4.34 Å². The lowest BCUT2D eigenvalue weighted by atomic mass is 10.5. The molecule has 0 spiro atoms. The third-order valence-corrected chi connectivity index (χ3v) is 3.46. The van der Waals surface area contributed by atoms with E-state index in [9.17, 15) is 0 Å². The zero-order valence-corrected chi connectivity index (χ0v) is 13.0. The molecule has 0 aliphatic heterocycles. The van der Waals surface area contributed by atoms with Crippen LogP contribution in [0.15, 0.2) is 12.1 Å². The van der Waals surface area contributed by atoms with E-state index < -0.39 is 0 Å². The number of nitrogens with one attached hydrogen (secondary N) is 2. The van der Waals surface area contributed by atoms with Gasteiger partial charge in [0.25, 0.3) is 0 Å². The van der Waals surface area contributed by atoms with Gasteiger partial charge in [-0.25, -0.2) is 0 Å². The molecule has 0 amide bonds. The van der Waals surface area contributed by atoms with Gasteiger partial charge in [-0.05, 0) is 26.0 Å². The molecular formula is C12H16ClN5OS. The molecule has 0 aliphatic rings. The van der Waals surface area contributed by atoms with E-state index in [0.29, 0.717) is 24.5 Å². The highest BCUT2D eigenvalue weighted by Crippen LogP contribution is 2.22. The van der Waals surface area contributed by atoms with Crippen LogP contribution in [0.25, 0.3) is 0 Å². The minimum Gasteiger partial charge on any atom is -0.461 e. The van der Waals surface area contributed by atoms with Gasteiger partial charge in [-0.3, -0.25) is 0 Å². The van der Waals surface area contributed by atoms with Gasteiger partial charge in [0.15, 0.2) is 0 Å². The summed E-state index contributed by atoms with van der Waals surface area (Å²) >= 11 is 7.41. The Morgan fingerprint density at radius 2 is 2.00 bits per heavy atom. The Labute approximate surface area is 126 Å². The van der Waals surface area contributed by atoms with Gasteiger partial charge in [-0.1, -0.05) is 11.6 Å². The molecule has 2 rings (SSSR count). The van der Waals surface area contributed by atoms with Crippen molar-refractivity contribution in [3.8, 4) is 6.01 Å². The normalized spacial score (nSPS) is 10.7. The molecule has 2 N–H and O–H groups in total. The lowest BCUT2D eigenvalue weighted by Gasteiger charge is -2.10. The second kappa shape index (κ2) is 6.71. The molecule has 108 valence electrons. The number of hydrogen-bond acceptors (Lipinski definition) is 7. The fourth-order valence-corrected chi connectivity index (χ4v) is 2.45. The van der Waals surface area contributed by atoms with Gasteiger partial charge < -0.3 is 15.4 Å². The fraction of sp³-hybridized carbons (Fsp3) is 0.417. The van der Waals surface area contributed by atoms with E-state index in [2.05, 4.69) is 25.6 Å². The van der Waals surface area contributed by atoms with Gasteiger partial charge in [0, 0.05) is 11.9 Å². The van der Waals surface area contributed by atoms with E-state index in [-0.39, 0.29) is 6.10 Å². The summed E-state index contributed by atoms with van der Waals surface area (Å²) in [5, 5.41) is 6.01. The molecule has 0 aliphatic carbocycles. The van der Waals surface area contributed by atoms with Crippen molar-refractivity contribution in [2.45, 2.75) is 26.5 Å². The lowest BCUT2D eigenvalue weighted by molar-refractivity contribution is 0.222. The van der Waals surface area contributed by atoms with Crippen molar-refractivity contribution >= 4 is 34.8 Å². The lowest BCUT2D eigenvalue weighted by Crippen LogP contribution is -2.12. The van der Waals surface area contributed by atoms with Gasteiger partial charge in [-0.15, -0.1) is 11.3 Å². The number of rotatable bonds is 6. The highest BCUT2D eigenvalue weighted by molar-refractivity contribution is 7.16. The maximum Gasteiger partial charge on any atom is 0.323 e. The zero-order valence-electron chi connectivity index (χ0n) is 11.5. The Kier molecular flexibility index (Phi) is 4.97. The Morgan fingerprint density at radius 3 is 2.60 bits per heavy atom. The van der Waals surface area contributed by atoms with Crippen LogP contribution in [0.1, 0.15) is 18.7 Å². The number of ether oxygens (including phenoxy) is 1. The fourth-order valence-electron chi connectivity index (χ4n) is 1.42. The Balaban J connectivity index is 2.09. The van der Waals surface area contributed by atoms with Crippen molar-refractivity contribution in [1.29, 1.82) is 0 Å². The molecule has 6 nitrogen and oxygen atoms in total. The molecule has 0 aromatic carbocycles. The van der Waals surface area contributed by atoms with Gasteiger partial charge in [-0.2, -0.15) is 15.0 Å². The molecule has 20 heavy (non-hydrogen) atoms. The monoisotopic (exact) mass is 313 g/mol. The summed E-state index contributed by atoms with van der Waals surface area (Å²) < 4.78 is 6.25. The van der Waals surface area contributed by atoms with E-state index in [1.807, 2.05) is 26.0 Å². The van der Waals surface area contributed by atoms with E-state index in [0.717, 1.165) is 9.21 Å². The van der Waals surface area contributed by atoms with Crippen molar-refractivity contribution in [1.82, 2.24) is 15.0 Å². The molecule has 0 radical (unpaired) electrons. The summed E-state index contributed by atoms with van der Waals surface area (Å²) in [6.07, 6.45) is 0.00561. The van der Waals surface area contributed by atoms with Crippen molar-refractivity contribution in [2.75, 3.05) is 17.7 Å². The number of hydrogen-bond donors (Lipinski definition) is 2. The van der Waals surface area contributed by atoms with Crippen LogP contribution < -0.4 is 15.4 Å². The van der Waals surface area contributed by atoms with Crippen LogP contribution in [0.5, 0.6) is 6.01 Å². The van der Waals surface area contributed by atoms with Crippen molar-refractivity contribution in [2.24, 2.45) is 0 Å². The molecule has 0 bridgehead atoms. The smallest absolute Gasteiger partial charge is 0.323 e. The first-order valence-electron chi connectivity index (χ1n) is 6.15. The number of halogens is 1. The van der Waals surface area contributed by atoms with Crippen molar-refractivity contribution < 1.29 is 4.74 Å². The standard InChI is InChI=1S/C12H16ClN5OS/c1-7(2)19-12-17-10(14-3)16-11(18-12)15-6-8-4-5-9(13)20-8/h4-5,7H,6H2,1-3H3,(H2,14,15,16,17,18). The summed E-state index contributed by atoms with van der Waals surface area (Å²) in [5.41, 5.74) is 0. The van der Waals surface area contributed by atoms with Gasteiger partial charge in [0.1, 0.15) is 0 Å². The van der Waals surface area contributed by atoms with Crippen LogP contribution in [-0.4, -0.2) is 28.1 Å². The summed E-state index contributed by atoms with van der Waals surface area (Å²) in [7, 11) is 1.75. The first-order chi connectivity index (χ1) is 9.56. The number of thiophene rings is 1. The van der Waals surface area contributed by atoms with E-state index in [1.165, 1.54) is 11.3 Å². The molecule has 2 heterocycles. The summed E-state index contributed by atoms with van der Waals surface area (Å²) in [6, 6.07) is 4.13. The third kappa shape index (κ3) is 4.21. The molecule has 0 saturated heterocycles. The summed E-state index contributed by atoms with van der Waals surface area (Å²) in [5.74, 6) is 0.923. The van der Waals surface area contributed by atoms with E-state index in [1.54, 1.807) is 7.05 Å². The highest BCUT2D eigenvalue weighted by atomic mass is 35.5. The first-order valence-corrected chi connectivity index (χ1v) is 7.35. The quantitative estimate of drug-likeness (QED) is 0.854. The third-order valence-electron chi connectivity index (χ3n) is 2.23. The second-order valence-electron chi connectivity index (χ2n) is 4.24. The minimum absolute atomic E-state index is 0.00561. The van der Waals surface area contributed by atoms with Crippen molar-refractivity contribution in [3.05, 3.63) is 21.3 Å². The predicted octanol–water partition coefficient (Wildman–Crippen LogP) is 3.03. The maximum atomic E-state index is 5.89. The molecule has 0 fully saturated rings. The topological polar surface area (TPSA) is 72.0 Å². The molecule has 0 atom stereocenters. The van der Waals surface area contributed by atoms with E-state index in [4.69, 9.17) is 16.3 Å². The molecule has 2 aromatic rings. The van der Waals surface area contributed by atoms with Gasteiger partial charge in [0.05, 0.1) is 17.0 Å². The number of nitrogens with zero attached hydrogens (tertiary/aromatic N) is 3. The zero-order chi connectivity index (χ0) is 14.5. The van der Waals surface area contributed by atoms with Crippen LogP contribution in [-0.2, 0) is 6.54 Å². The number of anilines is 2. The Bertz CT molecular complexity index is 575. The van der Waals surface area contributed by atoms with Crippen LogP contribution in [0.3, 0.4) is 0 Å². The second-order valence-corrected chi connectivity index (χ2v) is 6.04. The molecule has 0 saturated carbocycles. The molecule has 2 aromatic heterocycles. The Morgan fingerprint density at radius 1 is 1.25 bits per heavy atom. The minimum atomic E-state index is 0.00561. The molecular weight excluding hydrogens is 298 g/mol. The Hall–Kier alpha value is -1.60. The predicted molar refractivity (Wildman–Crippen MR) is 81.8 cm³/mol. The van der Waals surface area contributed by atoms with Crippen LogP contribution in [0.4, 0.5) is 11.9 Å².